The predicted molar refractivity (Wildman–Crippen MR) is 97.9 cm³/mol. The molecule has 0 spiro atoms. The smallest absolute Gasteiger partial charge is 0.421 e. The van der Waals surface area contributed by atoms with E-state index in [2.05, 4.69) is 10.3 Å². The number of pyridine rings is 1. The van der Waals surface area contributed by atoms with Crippen LogP contribution in [0.4, 0.5) is 18.9 Å². The number of carbonyl (C=O) groups excluding carboxylic acids is 1. The molecular formula is C18H18F3N3O4S. The van der Waals surface area contributed by atoms with Gasteiger partial charge in [-0.25, -0.2) is 13.4 Å². The van der Waals surface area contributed by atoms with Gasteiger partial charge in [-0.1, -0.05) is 0 Å². The summed E-state index contributed by atoms with van der Waals surface area (Å²) < 4.78 is 71.0. The van der Waals surface area contributed by atoms with Gasteiger partial charge in [-0.05, 0) is 42.8 Å². The molecule has 1 aliphatic heterocycles. The van der Waals surface area contributed by atoms with Crippen LogP contribution in [0.3, 0.4) is 0 Å². The molecule has 0 aliphatic carbocycles. The monoisotopic (exact) mass is 429 g/mol. The number of benzene rings is 1. The number of sulfonamides is 1. The highest BCUT2D eigenvalue weighted by atomic mass is 32.2. The molecule has 0 unspecified atom stereocenters. The van der Waals surface area contributed by atoms with E-state index in [4.69, 9.17) is 4.74 Å². The lowest BCUT2D eigenvalue weighted by atomic mass is 10.2. The van der Waals surface area contributed by atoms with Crippen molar-refractivity contribution in [3.63, 3.8) is 0 Å². The summed E-state index contributed by atoms with van der Waals surface area (Å²) in [7, 11) is -3.84. The molecule has 0 bridgehead atoms. The Labute approximate surface area is 165 Å². The Kier molecular flexibility index (Phi) is 5.54. The minimum atomic E-state index is -4.62. The molecule has 1 N–H and O–H groups in total. The molecule has 156 valence electrons. The Hall–Kier alpha value is -2.66. The second kappa shape index (κ2) is 7.64. The Morgan fingerprint density at radius 1 is 1.28 bits per heavy atom. The summed E-state index contributed by atoms with van der Waals surface area (Å²) in [4.78, 5) is 14.8. The summed E-state index contributed by atoms with van der Waals surface area (Å²) in [5.74, 6) is -0.853. The summed E-state index contributed by atoms with van der Waals surface area (Å²) in [6.45, 7) is 2.74. The molecular weight excluding hydrogens is 411 g/mol. The molecule has 1 aliphatic rings. The van der Waals surface area contributed by atoms with Crippen LogP contribution in [-0.4, -0.2) is 42.8 Å². The summed E-state index contributed by atoms with van der Waals surface area (Å²) in [6.07, 6.45) is -4.18. The van der Waals surface area contributed by atoms with Crippen LogP contribution < -0.4 is 10.1 Å². The predicted octanol–water partition coefficient (Wildman–Crippen LogP) is 2.82. The minimum absolute atomic E-state index is 0.0545. The first-order valence-electron chi connectivity index (χ1n) is 8.56. The van der Waals surface area contributed by atoms with Crippen LogP contribution in [0.15, 0.2) is 41.4 Å². The van der Waals surface area contributed by atoms with Gasteiger partial charge in [0.2, 0.25) is 21.8 Å². The molecule has 1 amide bonds. The first kappa shape index (κ1) is 21.1. The highest BCUT2D eigenvalue weighted by Gasteiger charge is 2.41. The lowest BCUT2D eigenvalue weighted by Crippen LogP contribution is -2.56. The van der Waals surface area contributed by atoms with E-state index in [1.54, 1.807) is 6.92 Å². The highest BCUT2D eigenvalue weighted by Crippen LogP contribution is 2.36. The van der Waals surface area contributed by atoms with Crippen molar-refractivity contribution in [2.45, 2.75) is 31.0 Å². The molecule has 0 atom stereocenters. The first-order chi connectivity index (χ1) is 13.5. The van der Waals surface area contributed by atoms with Crippen molar-refractivity contribution in [1.29, 1.82) is 0 Å². The zero-order valence-corrected chi connectivity index (χ0v) is 16.3. The molecule has 11 heteroatoms. The Bertz CT molecular complexity index is 1030. The third kappa shape index (κ3) is 4.51. The number of carbonyl (C=O) groups is 1. The van der Waals surface area contributed by atoms with Crippen LogP contribution in [0.1, 0.15) is 18.1 Å². The zero-order chi connectivity index (χ0) is 21.4. The van der Waals surface area contributed by atoms with Crippen LogP contribution in [0.2, 0.25) is 0 Å². The van der Waals surface area contributed by atoms with Gasteiger partial charge in [-0.2, -0.15) is 17.5 Å². The summed E-state index contributed by atoms with van der Waals surface area (Å²) in [5, 5.41) is 2.57. The minimum Gasteiger partial charge on any atom is -0.471 e. The fourth-order valence-corrected chi connectivity index (χ4v) is 4.60. The molecule has 1 aromatic heterocycles. The van der Waals surface area contributed by atoms with E-state index in [-0.39, 0.29) is 23.9 Å². The number of aryl methyl sites for hydroxylation is 1. The van der Waals surface area contributed by atoms with Crippen LogP contribution in [-0.2, 0) is 21.0 Å². The standard InChI is InChI=1S/C18H18F3N3O4S/c1-11-8-13(23-12(2)25)5-6-16(11)29(26,27)24-9-14(10-24)28-17-15(18(19,20)21)4-3-7-22-17/h3-8,14H,9-10H2,1-2H3,(H,23,25). The number of rotatable bonds is 5. The molecule has 0 saturated carbocycles. The third-order valence-electron chi connectivity index (χ3n) is 4.28. The van der Waals surface area contributed by atoms with Gasteiger partial charge in [0.15, 0.2) is 0 Å². The van der Waals surface area contributed by atoms with Crippen molar-refractivity contribution in [3.05, 3.63) is 47.7 Å². The zero-order valence-electron chi connectivity index (χ0n) is 15.5. The van der Waals surface area contributed by atoms with Crippen molar-refractivity contribution in [1.82, 2.24) is 9.29 Å². The summed E-state index contributed by atoms with van der Waals surface area (Å²) >= 11 is 0. The maximum atomic E-state index is 13.0. The van der Waals surface area contributed by atoms with E-state index >= 15 is 0 Å². The van der Waals surface area contributed by atoms with Crippen molar-refractivity contribution in [2.75, 3.05) is 18.4 Å². The van der Waals surface area contributed by atoms with E-state index in [0.717, 1.165) is 16.4 Å². The van der Waals surface area contributed by atoms with Crippen LogP contribution >= 0.6 is 0 Å². The van der Waals surface area contributed by atoms with E-state index in [9.17, 15) is 26.4 Å². The number of hydrogen-bond donors (Lipinski definition) is 1. The Morgan fingerprint density at radius 3 is 2.55 bits per heavy atom. The SMILES string of the molecule is CC(=O)Nc1ccc(S(=O)(=O)N2CC(Oc3ncccc3C(F)(F)F)C2)c(C)c1. The second-order valence-electron chi connectivity index (χ2n) is 6.58. The van der Waals surface area contributed by atoms with Gasteiger partial charge in [0.05, 0.1) is 18.0 Å². The van der Waals surface area contributed by atoms with E-state index in [1.807, 2.05) is 0 Å². The number of ether oxygens (including phenoxy) is 1. The molecule has 2 heterocycles. The van der Waals surface area contributed by atoms with Crippen molar-refractivity contribution >= 4 is 21.6 Å². The highest BCUT2D eigenvalue weighted by molar-refractivity contribution is 7.89. The molecule has 2 aromatic rings. The maximum absolute atomic E-state index is 13.0. The summed E-state index contributed by atoms with van der Waals surface area (Å²) in [5.41, 5.74) is -0.107. The largest absolute Gasteiger partial charge is 0.471 e. The molecule has 7 nitrogen and oxygen atoms in total. The quantitative estimate of drug-likeness (QED) is 0.790. The Balaban J connectivity index is 1.70. The average Bonchev–Trinajstić information content (AvgIpc) is 2.56. The molecule has 1 fully saturated rings. The van der Waals surface area contributed by atoms with Gasteiger partial charge in [-0.3, -0.25) is 4.79 Å². The maximum Gasteiger partial charge on any atom is 0.421 e. The number of nitrogens with zero attached hydrogens (tertiary/aromatic N) is 2. The van der Waals surface area contributed by atoms with Crippen molar-refractivity contribution < 1.29 is 31.1 Å². The molecule has 3 rings (SSSR count). The number of anilines is 1. The number of halogens is 3. The fourth-order valence-electron chi connectivity index (χ4n) is 2.89. The normalized spacial score (nSPS) is 15.6. The van der Waals surface area contributed by atoms with E-state index < -0.39 is 33.7 Å². The third-order valence-corrected chi connectivity index (χ3v) is 6.27. The number of aromatic nitrogens is 1. The van der Waals surface area contributed by atoms with Gasteiger partial charge in [0.1, 0.15) is 11.7 Å². The van der Waals surface area contributed by atoms with Crippen LogP contribution in [0.25, 0.3) is 0 Å². The van der Waals surface area contributed by atoms with E-state index in [1.165, 1.54) is 31.3 Å². The fraction of sp³-hybridized carbons (Fsp3) is 0.333. The number of alkyl halides is 3. The van der Waals surface area contributed by atoms with Gasteiger partial charge in [0, 0.05) is 18.8 Å². The lowest BCUT2D eigenvalue weighted by Gasteiger charge is -2.38. The molecule has 1 saturated heterocycles. The van der Waals surface area contributed by atoms with Crippen LogP contribution in [0.5, 0.6) is 5.88 Å². The number of nitrogens with one attached hydrogen (secondary N) is 1. The number of hydrogen-bond acceptors (Lipinski definition) is 5. The van der Waals surface area contributed by atoms with Gasteiger partial charge in [0.25, 0.3) is 0 Å². The van der Waals surface area contributed by atoms with Crippen molar-refractivity contribution in [3.8, 4) is 5.88 Å². The first-order valence-corrected chi connectivity index (χ1v) is 10.00. The summed E-state index contributed by atoms with van der Waals surface area (Å²) in [6, 6.07) is 6.39. The number of amides is 1. The van der Waals surface area contributed by atoms with Gasteiger partial charge >= 0.3 is 6.18 Å². The second-order valence-corrected chi connectivity index (χ2v) is 8.48. The molecule has 29 heavy (non-hydrogen) atoms. The average molecular weight is 429 g/mol. The molecule has 0 radical (unpaired) electrons. The lowest BCUT2D eigenvalue weighted by molar-refractivity contribution is -0.140. The van der Waals surface area contributed by atoms with Gasteiger partial charge in [-0.15, -0.1) is 0 Å². The van der Waals surface area contributed by atoms with Crippen LogP contribution in [0, 0.1) is 6.92 Å². The van der Waals surface area contributed by atoms with Gasteiger partial charge < -0.3 is 10.1 Å². The van der Waals surface area contributed by atoms with E-state index in [0.29, 0.717) is 11.3 Å². The molecule has 1 aromatic carbocycles. The topological polar surface area (TPSA) is 88.6 Å². The Morgan fingerprint density at radius 2 is 1.97 bits per heavy atom. The van der Waals surface area contributed by atoms with Crippen molar-refractivity contribution in [2.24, 2.45) is 0 Å².